The second-order valence-corrected chi connectivity index (χ2v) is 2.48. The lowest BCUT2D eigenvalue weighted by molar-refractivity contribution is 0.900. The van der Waals surface area contributed by atoms with Gasteiger partial charge in [-0.1, -0.05) is 0 Å². The van der Waals surface area contributed by atoms with Crippen LogP contribution in [0.2, 0.25) is 0 Å². The molecule has 0 amide bonds. The van der Waals surface area contributed by atoms with Gasteiger partial charge >= 0.3 is 0 Å². The molecular formula is C7H8N4. The Morgan fingerprint density at radius 1 is 1.27 bits per heavy atom. The van der Waals surface area contributed by atoms with Gasteiger partial charge in [-0.05, 0) is 13.8 Å². The van der Waals surface area contributed by atoms with Crippen LogP contribution in [0.15, 0.2) is 12.7 Å². The van der Waals surface area contributed by atoms with Gasteiger partial charge in [0.2, 0.25) is 0 Å². The highest BCUT2D eigenvalue weighted by molar-refractivity contribution is 5.46. The topological polar surface area (TPSA) is 43.1 Å². The lowest BCUT2D eigenvalue weighted by Crippen LogP contribution is -1.95. The van der Waals surface area contributed by atoms with Crippen LogP contribution in [0.3, 0.4) is 0 Å². The van der Waals surface area contributed by atoms with Crippen molar-refractivity contribution in [3.8, 4) is 0 Å². The molecule has 11 heavy (non-hydrogen) atoms. The number of aryl methyl sites for hydroxylation is 2. The molecule has 0 bridgehead atoms. The molecule has 2 aromatic rings. The molecule has 0 aromatic carbocycles. The Kier molecular flexibility index (Phi) is 1.15. The third-order valence-electron chi connectivity index (χ3n) is 1.81. The van der Waals surface area contributed by atoms with Crippen molar-refractivity contribution in [3.63, 3.8) is 0 Å². The Morgan fingerprint density at radius 3 is 2.91 bits per heavy atom. The minimum Gasteiger partial charge on any atom is -0.241 e. The van der Waals surface area contributed by atoms with E-state index < -0.39 is 0 Å². The van der Waals surface area contributed by atoms with Crippen LogP contribution in [0.5, 0.6) is 0 Å². The summed E-state index contributed by atoms with van der Waals surface area (Å²) in [6.45, 7) is 3.95. The highest BCUT2D eigenvalue weighted by Crippen LogP contribution is 2.07. The monoisotopic (exact) mass is 148 g/mol. The average Bonchev–Trinajstić information content (AvgIpc) is 2.45. The van der Waals surface area contributed by atoms with Crippen molar-refractivity contribution in [1.29, 1.82) is 0 Å². The Balaban J connectivity index is 2.93. The zero-order valence-electron chi connectivity index (χ0n) is 6.44. The van der Waals surface area contributed by atoms with E-state index in [2.05, 4.69) is 15.1 Å². The molecule has 0 N–H and O–H groups in total. The zero-order chi connectivity index (χ0) is 7.84. The summed E-state index contributed by atoms with van der Waals surface area (Å²) in [6.07, 6.45) is 3.20. The molecule has 4 heteroatoms. The summed E-state index contributed by atoms with van der Waals surface area (Å²) < 4.78 is 1.67. The van der Waals surface area contributed by atoms with Gasteiger partial charge in [0.1, 0.15) is 12.7 Å². The zero-order valence-corrected chi connectivity index (χ0v) is 6.44. The minimum absolute atomic E-state index is 0.887. The normalized spacial score (nSPS) is 10.7. The molecule has 0 saturated heterocycles. The largest absolute Gasteiger partial charge is 0.241 e. The molecular weight excluding hydrogens is 140 g/mol. The second kappa shape index (κ2) is 2.02. The summed E-state index contributed by atoms with van der Waals surface area (Å²) in [6, 6.07) is 0. The van der Waals surface area contributed by atoms with Gasteiger partial charge in [0.25, 0.3) is 0 Å². The van der Waals surface area contributed by atoms with E-state index in [9.17, 15) is 0 Å². The van der Waals surface area contributed by atoms with E-state index in [1.165, 1.54) is 6.33 Å². The summed E-state index contributed by atoms with van der Waals surface area (Å²) >= 11 is 0. The Hall–Kier alpha value is -1.45. The van der Waals surface area contributed by atoms with Crippen molar-refractivity contribution < 1.29 is 0 Å². The first-order chi connectivity index (χ1) is 5.29. The quantitative estimate of drug-likeness (QED) is 0.553. The lowest BCUT2D eigenvalue weighted by Gasteiger charge is -1.97. The fraction of sp³-hybridized carbons (Fsp3) is 0.286. The van der Waals surface area contributed by atoms with E-state index in [1.807, 2.05) is 13.8 Å². The SMILES string of the molecule is Cc1ncn2ncnc2c1C. The maximum atomic E-state index is 4.14. The second-order valence-electron chi connectivity index (χ2n) is 2.48. The van der Waals surface area contributed by atoms with Gasteiger partial charge in [0.15, 0.2) is 5.65 Å². The molecule has 2 rings (SSSR count). The molecule has 0 fully saturated rings. The molecule has 0 aliphatic carbocycles. The van der Waals surface area contributed by atoms with Crippen molar-refractivity contribution >= 4 is 5.65 Å². The number of aromatic nitrogens is 4. The number of nitrogens with zero attached hydrogens (tertiary/aromatic N) is 4. The van der Waals surface area contributed by atoms with E-state index in [1.54, 1.807) is 10.8 Å². The Bertz CT molecular complexity index is 390. The molecule has 2 heterocycles. The minimum atomic E-state index is 0.887. The summed E-state index contributed by atoms with van der Waals surface area (Å²) in [5.41, 5.74) is 2.98. The van der Waals surface area contributed by atoms with Crippen LogP contribution < -0.4 is 0 Å². The fourth-order valence-electron chi connectivity index (χ4n) is 1.00. The lowest BCUT2D eigenvalue weighted by atomic mass is 10.3. The molecule has 2 aromatic heterocycles. The van der Waals surface area contributed by atoms with Crippen LogP contribution in [0.4, 0.5) is 0 Å². The molecule has 0 atom stereocenters. The standard InChI is InChI=1S/C7H8N4/c1-5-6(2)9-4-11-7(5)8-3-10-11/h3-4H,1-2H3. The van der Waals surface area contributed by atoms with Crippen LogP contribution >= 0.6 is 0 Å². The Morgan fingerprint density at radius 2 is 2.09 bits per heavy atom. The van der Waals surface area contributed by atoms with Gasteiger partial charge in [-0.25, -0.2) is 14.5 Å². The van der Waals surface area contributed by atoms with E-state index >= 15 is 0 Å². The maximum absolute atomic E-state index is 4.14. The van der Waals surface area contributed by atoms with Crippen LogP contribution in [-0.4, -0.2) is 19.6 Å². The first kappa shape index (κ1) is 6.27. The van der Waals surface area contributed by atoms with Crippen molar-refractivity contribution in [2.24, 2.45) is 0 Å². The number of hydrogen-bond donors (Lipinski definition) is 0. The van der Waals surface area contributed by atoms with E-state index in [4.69, 9.17) is 0 Å². The number of rotatable bonds is 0. The maximum Gasteiger partial charge on any atom is 0.161 e. The number of hydrogen-bond acceptors (Lipinski definition) is 3. The van der Waals surface area contributed by atoms with Crippen molar-refractivity contribution in [1.82, 2.24) is 19.6 Å². The third-order valence-corrected chi connectivity index (χ3v) is 1.81. The molecule has 0 unspecified atom stereocenters. The summed E-state index contributed by atoms with van der Waals surface area (Å²) in [4.78, 5) is 8.23. The van der Waals surface area contributed by atoms with Gasteiger partial charge < -0.3 is 0 Å². The highest BCUT2D eigenvalue weighted by Gasteiger charge is 2.01. The van der Waals surface area contributed by atoms with Crippen molar-refractivity contribution in [3.05, 3.63) is 23.9 Å². The van der Waals surface area contributed by atoms with Gasteiger partial charge in [0.05, 0.1) is 0 Å². The van der Waals surface area contributed by atoms with Gasteiger partial charge in [0, 0.05) is 11.3 Å². The van der Waals surface area contributed by atoms with Gasteiger partial charge in [-0.3, -0.25) is 0 Å². The first-order valence-corrected chi connectivity index (χ1v) is 3.40. The molecule has 0 radical (unpaired) electrons. The predicted molar refractivity (Wildman–Crippen MR) is 40.3 cm³/mol. The molecule has 0 saturated carbocycles. The average molecular weight is 148 g/mol. The van der Waals surface area contributed by atoms with Crippen molar-refractivity contribution in [2.75, 3.05) is 0 Å². The first-order valence-electron chi connectivity index (χ1n) is 3.40. The molecule has 0 aliphatic rings. The predicted octanol–water partition coefficient (Wildman–Crippen LogP) is 0.741. The fourth-order valence-corrected chi connectivity index (χ4v) is 1.00. The third kappa shape index (κ3) is 0.790. The van der Waals surface area contributed by atoms with Crippen LogP contribution in [0, 0.1) is 13.8 Å². The highest BCUT2D eigenvalue weighted by atomic mass is 15.3. The molecule has 0 aliphatic heterocycles. The van der Waals surface area contributed by atoms with Crippen LogP contribution in [0.1, 0.15) is 11.3 Å². The summed E-state index contributed by atoms with van der Waals surface area (Å²) in [5, 5.41) is 3.96. The molecule has 56 valence electrons. The van der Waals surface area contributed by atoms with Crippen LogP contribution in [-0.2, 0) is 0 Å². The van der Waals surface area contributed by atoms with Crippen LogP contribution in [0.25, 0.3) is 5.65 Å². The van der Waals surface area contributed by atoms with Crippen molar-refractivity contribution in [2.45, 2.75) is 13.8 Å². The molecule has 4 nitrogen and oxygen atoms in total. The number of fused-ring (bicyclic) bond motifs is 1. The van der Waals surface area contributed by atoms with Gasteiger partial charge in [-0.2, -0.15) is 5.10 Å². The summed E-state index contributed by atoms with van der Waals surface area (Å²) in [7, 11) is 0. The summed E-state index contributed by atoms with van der Waals surface area (Å²) in [5.74, 6) is 0. The smallest absolute Gasteiger partial charge is 0.161 e. The van der Waals surface area contributed by atoms with E-state index in [0.717, 1.165) is 16.9 Å². The van der Waals surface area contributed by atoms with Gasteiger partial charge in [-0.15, -0.1) is 0 Å². The van der Waals surface area contributed by atoms with E-state index in [0.29, 0.717) is 0 Å². The Labute approximate surface area is 63.9 Å². The van der Waals surface area contributed by atoms with E-state index in [-0.39, 0.29) is 0 Å². The molecule has 0 spiro atoms.